The van der Waals surface area contributed by atoms with Gasteiger partial charge in [-0.2, -0.15) is 18.4 Å². The van der Waals surface area contributed by atoms with Gasteiger partial charge in [-0.25, -0.2) is 13.7 Å². The Labute approximate surface area is 182 Å². The van der Waals surface area contributed by atoms with Crippen molar-refractivity contribution >= 4 is 22.6 Å². The van der Waals surface area contributed by atoms with Crippen LogP contribution in [0.1, 0.15) is 22.5 Å². The molecule has 170 valence electrons. The molecule has 2 unspecified atom stereocenters. The van der Waals surface area contributed by atoms with E-state index in [-0.39, 0.29) is 21.8 Å². The molecule has 1 aromatic carbocycles. The number of rotatable bonds is 7. The molecule has 1 amide bonds. The van der Waals surface area contributed by atoms with Gasteiger partial charge in [0.1, 0.15) is 27.8 Å². The Kier molecular flexibility index (Phi) is 7.31. The zero-order valence-electron chi connectivity index (χ0n) is 16.4. The molecule has 0 bridgehead atoms. The Morgan fingerprint density at radius 2 is 2.09 bits per heavy atom. The number of anilines is 1. The summed E-state index contributed by atoms with van der Waals surface area (Å²) in [5.41, 5.74) is -4.06. The largest absolute Gasteiger partial charge is 0.490 e. The van der Waals surface area contributed by atoms with Gasteiger partial charge < -0.3 is 19.7 Å². The number of hydrogen-bond donors (Lipinski definition) is 3. The summed E-state index contributed by atoms with van der Waals surface area (Å²) < 4.78 is 70.6. The van der Waals surface area contributed by atoms with E-state index in [1.165, 1.54) is 25.2 Å². The average Bonchev–Trinajstić information content (AvgIpc) is 3.04. The SMILES string of the molecule is C#CC(O)(CCOc1c(S(N)=O)cn(C)c1C(=O)Nc1ccc(F)c(C#N)c1)C(F)(F)F. The standard InChI is InChI=1S/C19H16F4N4O4S/c1-3-18(29,19(21,22)23)6-7-31-16-14(32(25)30)10-27(2)15(16)17(28)26-12-4-5-13(20)11(8-12)9-24/h1,4-5,8,10,29H,6-7,25H2,2H3,(H,26,28). The second kappa shape index (κ2) is 9.40. The number of nitriles is 1. The Hall–Kier alpha value is -3.39. The number of benzene rings is 1. The number of halogens is 4. The smallest absolute Gasteiger partial charge is 0.428 e. The van der Waals surface area contributed by atoms with Crippen molar-refractivity contribution in [3.8, 4) is 24.2 Å². The molecular formula is C19H16F4N4O4S. The molecule has 0 saturated heterocycles. The van der Waals surface area contributed by atoms with Gasteiger partial charge in [-0.1, -0.05) is 5.92 Å². The summed E-state index contributed by atoms with van der Waals surface area (Å²) in [6.07, 6.45) is -0.256. The molecule has 0 fully saturated rings. The highest BCUT2D eigenvalue weighted by molar-refractivity contribution is 7.82. The van der Waals surface area contributed by atoms with Gasteiger partial charge in [-0.3, -0.25) is 4.79 Å². The van der Waals surface area contributed by atoms with Crippen LogP contribution in [0, 0.1) is 29.5 Å². The minimum atomic E-state index is -5.14. The van der Waals surface area contributed by atoms with Crippen molar-refractivity contribution in [2.75, 3.05) is 11.9 Å². The van der Waals surface area contributed by atoms with Crippen molar-refractivity contribution < 1.29 is 36.4 Å². The van der Waals surface area contributed by atoms with Crippen molar-refractivity contribution in [1.29, 1.82) is 5.26 Å². The predicted octanol–water partition coefficient (Wildman–Crippen LogP) is 1.96. The summed E-state index contributed by atoms with van der Waals surface area (Å²) in [5, 5.41) is 26.2. The van der Waals surface area contributed by atoms with Gasteiger partial charge in [0.05, 0.1) is 12.2 Å². The van der Waals surface area contributed by atoms with Gasteiger partial charge >= 0.3 is 6.18 Å². The van der Waals surface area contributed by atoms with Gasteiger partial charge in [0.25, 0.3) is 5.91 Å². The van der Waals surface area contributed by atoms with Crippen LogP contribution < -0.4 is 15.2 Å². The van der Waals surface area contributed by atoms with Crippen LogP contribution in [-0.4, -0.2) is 38.2 Å². The molecule has 32 heavy (non-hydrogen) atoms. The molecule has 2 aromatic rings. The number of ether oxygens (including phenoxy) is 1. The molecule has 13 heteroatoms. The first-order chi connectivity index (χ1) is 14.8. The van der Waals surface area contributed by atoms with E-state index in [0.29, 0.717) is 0 Å². The quantitative estimate of drug-likeness (QED) is 0.419. The normalized spacial score (nSPS) is 14.0. The number of aliphatic hydroxyl groups is 1. The number of hydrogen-bond acceptors (Lipinski definition) is 5. The molecule has 0 aliphatic heterocycles. The maximum atomic E-state index is 13.5. The lowest BCUT2D eigenvalue weighted by atomic mass is 10.0. The molecule has 4 N–H and O–H groups in total. The minimum Gasteiger partial charge on any atom is -0.490 e. The predicted molar refractivity (Wildman–Crippen MR) is 105 cm³/mol. The third-order valence-electron chi connectivity index (χ3n) is 4.30. The average molecular weight is 472 g/mol. The number of nitrogens with zero attached hydrogens (tertiary/aromatic N) is 2. The number of aromatic nitrogens is 1. The van der Waals surface area contributed by atoms with E-state index in [2.05, 4.69) is 5.32 Å². The maximum absolute atomic E-state index is 13.5. The number of amides is 1. The fourth-order valence-corrected chi connectivity index (χ4v) is 3.20. The number of alkyl halides is 3. The van der Waals surface area contributed by atoms with Crippen molar-refractivity contribution in [3.05, 3.63) is 41.5 Å². The molecule has 0 spiro atoms. The first-order valence-corrected chi connectivity index (χ1v) is 9.82. The van der Waals surface area contributed by atoms with Crippen LogP contribution in [0.15, 0.2) is 29.3 Å². The highest BCUT2D eigenvalue weighted by Gasteiger charge is 2.52. The lowest BCUT2D eigenvalue weighted by Crippen LogP contribution is -2.45. The third-order valence-corrected chi connectivity index (χ3v) is 5.02. The number of nitrogens with one attached hydrogen (secondary N) is 1. The van der Waals surface area contributed by atoms with E-state index in [4.69, 9.17) is 21.6 Å². The van der Waals surface area contributed by atoms with Gasteiger partial charge in [0.2, 0.25) is 5.60 Å². The van der Waals surface area contributed by atoms with Crippen molar-refractivity contribution in [2.45, 2.75) is 23.1 Å². The van der Waals surface area contributed by atoms with Crippen LogP contribution >= 0.6 is 0 Å². The number of carbonyl (C=O) groups excluding carboxylic acids is 1. The number of carbonyl (C=O) groups is 1. The molecule has 8 nitrogen and oxygen atoms in total. The monoisotopic (exact) mass is 472 g/mol. The minimum absolute atomic E-state index is 0.0364. The molecule has 0 radical (unpaired) electrons. The van der Waals surface area contributed by atoms with E-state index in [1.807, 2.05) is 0 Å². The van der Waals surface area contributed by atoms with Crippen LogP contribution in [-0.2, 0) is 18.0 Å². The van der Waals surface area contributed by atoms with Crippen molar-refractivity contribution in [2.24, 2.45) is 12.2 Å². The van der Waals surface area contributed by atoms with Gasteiger partial charge in [-0.05, 0) is 18.2 Å². The molecule has 1 aromatic heterocycles. The zero-order valence-corrected chi connectivity index (χ0v) is 17.2. The molecule has 0 saturated carbocycles. The van der Waals surface area contributed by atoms with E-state index < -0.39 is 53.3 Å². The first kappa shape index (κ1) is 24.9. The highest BCUT2D eigenvalue weighted by atomic mass is 32.2. The van der Waals surface area contributed by atoms with Crippen molar-refractivity contribution in [3.63, 3.8) is 0 Å². The Bertz CT molecular complexity index is 1150. The van der Waals surface area contributed by atoms with E-state index in [9.17, 15) is 31.7 Å². The van der Waals surface area contributed by atoms with Gasteiger partial charge in [0, 0.05) is 25.4 Å². The fraction of sp³-hybridized carbons (Fsp3) is 0.263. The molecule has 2 atom stereocenters. The lowest BCUT2D eigenvalue weighted by molar-refractivity contribution is -0.238. The maximum Gasteiger partial charge on any atom is 0.428 e. The Morgan fingerprint density at radius 1 is 1.44 bits per heavy atom. The van der Waals surface area contributed by atoms with Gasteiger partial charge in [-0.15, -0.1) is 6.42 Å². The summed E-state index contributed by atoms with van der Waals surface area (Å²) in [4.78, 5) is 12.6. The summed E-state index contributed by atoms with van der Waals surface area (Å²) in [6.45, 7) is -0.802. The first-order valence-electron chi connectivity index (χ1n) is 8.60. The molecule has 0 aliphatic carbocycles. The molecule has 2 rings (SSSR count). The van der Waals surface area contributed by atoms with E-state index in [0.717, 1.165) is 16.7 Å². The Morgan fingerprint density at radius 3 is 2.62 bits per heavy atom. The van der Waals surface area contributed by atoms with Crippen LogP contribution in [0.2, 0.25) is 0 Å². The van der Waals surface area contributed by atoms with Crippen LogP contribution in [0.4, 0.5) is 23.2 Å². The molecule has 1 heterocycles. The lowest BCUT2D eigenvalue weighted by Gasteiger charge is -2.25. The molecular weight excluding hydrogens is 456 g/mol. The zero-order chi connectivity index (χ0) is 24.3. The van der Waals surface area contributed by atoms with Crippen molar-refractivity contribution in [1.82, 2.24) is 4.57 Å². The van der Waals surface area contributed by atoms with E-state index >= 15 is 0 Å². The fourth-order valence-electron chi connectivity index (χ4n) is 2.60. The second-order valence-corrected chi connectivity index (χ2v) is 7.48. The summed E-state index contributed by atoms with van der Waals surface area (Å²) in [7, 11) is -0.830. The van der Waals surface area contributed by atoms with Gasteiger partial charge in [0.15, 0.2) is 11.4 Å². The summed E-state index contributed by atoms with van der Waals surface area (Å²) >= 11 is 0. The van der Waals surface area contributed by atoms with Crippen LogP contribution in [0.3, 0.4) is 0 Å². The van der Waals surface area contributed by atoms with Crippen LogP contribution in [0.25, 0.3) is 0 Å². The summed E-state index contributed by atoms with van der Waals surface area (Å²) in [6, 6.07) is 4.80. The number of aryl methyl sites for hydroxylation is 1. The summed E-state index contributed by atoms with van der Waals surface area (Å²) in [5.74, 6) is -0.819. The molecule has 0 aliphatic rings. The highest BCUT2D eigenvalue weighted by Crippen LogP contribution is 2.34. The topological polar surface area (TPSA) is 130 Å². The van der Waals surface area contributed by atoms with Crippen LogP contribution in [0.5, 0.6) is 5.75 Å². The second-order valence-electron chi connectivity index (χ2n) is 6.44. The Balaban J connectivity index is 2.34. The third kappa shape index (κ3) is 5.08. The number of nitrogens with two attached hydrogens (primary N) is 1. The van der Waals surface area contributed by atoms with E-state index in [1.54, 1.807) is 6.07 Å². The number of terminal acetylenes is 1.